The van der Waals surface area contributed by atoms with Gasteiger partial charge in [0.2, 0.25) is 0 Å². The molecule has 2 aromatic heterocycles. The van der Waals surface area contributed by atoms with Crippen molar-refractivity contribution < 1.29 is 0 Å². The highest BCUT2D eigenvalue weighted by molar-refractivity contribution is 5.47. The average Bonchev–Trinajstić information content (AvgIpc) is 2.74. The molecule has 0 atom stereocenters. The number of nitrogens with one attached hydrogen (secondary N) is 1. The van der Waals surface area contributed by atoms with Gasteiger partial charge in [-0.15, -0.1) is 0 Å². The molecule has 0 spiro atoms. The quantitative estimate of drug-likeness (QED) is 0.829. The summed E-state index contributed by atoms with van der Waals surface area (Å²) in [6, 6.07) is 3.82. The molecule has 0 aliphatic rings. The molecule has 0 bridgehead atoms. The molecule has 84 valence electrons. The van der Waals surface area contributed by atoms with Gasteiger partial charge in [0, 0.05) is 26.0 Å². The van der Waals surface area contributed by atoms with Crippen LogP contribution in [0, 0.1) is 0 Å². The van der Waals surface area contributed by atoms with Gasteiger partial charge in [0.25, 0.3) is 0 Å². The molecule has 0 radical (unpaired) electrons. The maximum atomic E-state index is 4.44. The predicted octanol–water partition coefficient (Wildman–Crippen LogP) is 0.987. The van der Waals surface area contributed by atoms with Crippen LogP contribution in [0.5, 0.6) is 0 Å². The topological polar surface area (TPSA) is 55.6 Å². The number of rotatable bonds is 4. The predicted molar refractivity (Wildman–Crippen MR) is 61.6 cm³/mol. The van der Waals surface area contributed by atoms with Crippen molar-refractivity contribution in [3.63, 3.8) is 0 Å². The van der Waals surface area contributed by atoms with E-state index < -0.39 is 0 Å². The largest absolute Gasteiger partial charge is 0.311 e. The van der Waals surface area contributed by atoms with Gasteiger partial charge in [-0.05, 0) is 18.7 Å². The van der Waals surface area contributed by atoms with Gasteiger partial charge in [-0.2, -0.15) is 5.10 Å². The minimum absolute atomic E-state index is 0.677. The summed E-state index contributed by atoms with van der Waals surface area (Å²) in [6.45, 7) is 3.77. The summed E-state index contributed by atoms with van der Waals surface area (Å²) in [7, 11) is 1.88. The third-order valence-electron chi connectivity index (χ3n) is 2.21. The minimum Gasteiger partial charge on any atom is -0.311 e. The Morgan fingerprint density at radius 2 is 2.25 bits per heavy atom. The Labute approximate surface area is 94.5 Å². The molecule has 1 N–H and O–H groups in total. The Morgan fingerprint density at radius 1 is 1.38 bits per heavy atom. The van der Waals surface area contributed by atoms with Crippen molar-refractivity contribution in [1.29, 1.82) is 0 Å². The van der Waals surface area contributed by atoms with Gasteiger partial charge >= 0.3 is 0 Å². The summed E-state index contributed by atoms with van der Waals surface area (Å²) in [5, 5.41) is 7.51. The smallest absolute Gasteiger partial charge is 0.180 e. The van der Waals surface area contributed by atoms with Gasteiger partial charge in [-0.1, -0.05) is 6.92 Å². The Balaban J connectivity index is 2.22. The van der Waals surface area contributed by atoms with Crippen LogP contribution >= 0.6 is 0 Å². The van der Waals surface area contributed by atoms with Gasteiger partial charge in [0.1, 0.15) is 5.69 Å². The van der Waals surface area contributed by atoms with Crippen molar-refractivity contribution >= 4 is 0 Å². The monoisotopic (exact) mass is 217 g/mol. The summed E-state index contributed by atoms with van der Waals surface area (Å²) in [6.07, 6.45) is 3.65. The molecule has 0 fully saturated rings. The normalized spacial score (nSPS) is 10.6. The third-order valence-corrected chi connectivity index (χ3v) is 2.21. The van der Waals surface area contributed by atoms with Crippen molar-refractivity contribution in [3.05, 3.63) is 30.2 Å². The molecule has 2 heterocycles. The van der Waals surface area contributed by atoms with E-state index in [4.69, 9.17) is 0 Å². The Bertz CT molecular complexity index is 463. The van der Waals surface area contributed by atoms with Crippen LogP contribution < -0.4 is 5.32 Å². The van der Waals surface area contributed by atoms with Gasteiger partial charge in [-0.3, -0.25) is 4.68 Å². The van der Waals surface area contributed by atoms with Crippen molar-refractivity contribution in [2.75, 3.05) is 6.54 Å². The van der Waals surface area contributed by atoms with Crippen LogP contribution in [0.1, 0.15) is 12.6 Å². The van der Waals surface area contributed by atoms with Crippen molar-refractivity contribution in [2.24, 2.45) is 7.05 Å². The first-order chi connectivity index (χ1) is 7.79. The van der Waals surface area contributed by atoms with E-state index in [1.807, 2.05) is 25.4 Å². The molecule has 0 saturated carbocycles. The second-order valence-electron chi connectivity index (χ2n) is 3.53. The van der Waals surface area contributed by atoms with E-state index in [2.05, 4.69) is 27.3 Å². The fourth-order valence-corrected chi connectivity index (χ4v) is 1.41. The highest BCUT2D eigenvalue weighted by atomic mass is 15.3. The third kappa shape index (κ3) is 2.43. The molecule has 0 aliphatic heterocycles. The minimum atomic E-state index is 0.677. The Kier molecular flexibility index (Phi) is 3.26. The molecule has 0 amide bonds. The highest BCUT2D eigenvalue weighted by Gasteiger charge is 2.04. The van der Waals surface area contributed by atoms with E-state index in [9.17, 15) is 0 Å². The van der Waals surface area contributed by atoms with E-state index in [0.29, 0.717) is 5.82 Å². The SMILES string of the molecule is CCNCc1ccnc(-c2ccn(C)n2)n1. The number of aryl methyl sites for hydroxylation is 1. The molecule has 0 aliphatic carbocycles. The second-order valence-corrected chi connectivity index (χ2v) is 3.53. The van der Waals surface area contributed by atoms with E-state index in [-0.39, 0.29) is 0 Å². The van der Waals surface area contributed by atoms with Crippen LogP contribution in [-0.2, 0) is 13.6 Å². The summed E-state index contributed by atoms with van der Waals surface area (Å²) in [5.74, 6) is 0.677. The summed E-state index contributed by atoms with van der Waals surface area (Å²) < 4.78 is 1.75. The molecular formula is C11H15N5. The fourth-order valence-electron chi connectivity index (χ4n) is 1.41. The zero-order valence-electron chi connectivity index (χ0n) is 9.51. The van der Waals surface area contributed by atoms with Gasteiger partial charge in [0.15, 0.2) is 5.82 Å². The lowest BCUT2D eigenvalue weighted by molar-refractivity contribution is 0.708. The molecular weight excluding hydrogens is 202 g/mol. The zero-order valence-corrected chi connectivity index (χ0v) is 9.51. The van der Waals surface area contributed by atoms with Crippen LogP contribution in [-0.4, -0.2) is 26.3 Å². The van der Waals surface area contributed by atoms with Gasteiger partial charge < -0.3 is 5.32 Å². The fraction of sp³-hybridized carbons (Fsp3) is 0.364. The Morgan fingerprint density at radius 3 is 2.94 bits per heavy atom. The van der Waals surface area contributed by atoms with E-state index in [0.717, 1.165) is 24.5 Å². The standard InChI is InChI=1S/C11H15N5/c1-3-12-8-9-4-6-13-11(14-9)10-5-7-16(2)15-10/h4-7,12H,3,8H2,1-2H3. The first kappa shape index (κ1) is 10.8. The molecule has 0 aromatic carbocycles. The zero-order chi connectivity index (χ0) is 11.4. The van der Waals surface area contributed by atoms with Crippen molar-refractivity contribution in [2.45, 2.75) is 13.5 Å². The van der Waals surface area contributed by atoms with Crippen molar-refractivity contribution in [3.8, 4) is 11.5 Å². The first-order valence-electron chi connectivity index (χ1n) is 5.32. The Hall–Kier alpha value is -1.75. The summed E-state index contributed by atoms with van der Waals surface area (Å²) >= 11 is 0. The summed E-state index contributed by atoms with van der Waals surface area (Å²) in [5.41, 5.74) is 1.79. The maximum absolute atomic E-state index is 4.44. The van der Waals surface area contributed by atoms with Crippen LogP contribution in [0.3, 0.4) is 0 Å². The number of hydrogen-bond donors (Lipinski definition) is 1. The molecule has 5 nitrogen and oxygen atoms in total. The highest BCUT2D eigenvalue weighted by Crippen LogP contribution is 2.10. The average molecular weight is 217 g/mol. The van der Waals surface area contributed by atoms with Crippen LogP contribution in [0.2, 0.25) is 0 Å². The van der Waals surface area contributed by atoms with Crippen LogP contribution in [0.25, 0.3) is 11.5 Å². The van der Waals surface area contributed by atoms with Gasteiger partial charge in [-0.25, -0.2) is 9.97 Å². The molecule has 2 aromatic rings. The molecule has 0 saturated heterocycles. The molecule has 2 rings (SSSR count). The number of nitrogens with zero attached hydrogens (tertiary/aromatic N) is 4. The van der Waals surface area contributed by atoms with Crippen LogP contribution in [0.4, 0.5) is 0 Å². The number of aromatic nitrogens is 4. The van der Waals surface area contributed by atoms with Crippen LogP contribution in [0.15, 0.2) is 24.5 Å². The molecule has 0 unspecified atom stereocenters. The lowest BCUT2D eigenvalue weighted by atomic mass is 10.3. The van der Waals surface area contributed by atoms with Crippen molar-refractivity contribution in [1.82, 2.24) is 25.1 Å². The molecule has 16 heavy (non-hydrogen) atoms. The first-order valence-corrected chi connectivity index (χ1v) is 5.32. The lowest BCUT2D eigenvalue weighted by Gasteiger charge is -2.02. The van der Waals surface area contributed by atoms with E-state index in [1.165, 1.54) is 0 Å². The lowest BCUT2D eigenvalue weighted by Crippen LogP contribution is -2.13. The second kappa shape index (κ2) is 4.85. The van der Waals surface area contributed by atoms with E-state index in [1.54, 1.807) is 10.9 Å². The maximum Gasteiger partial charge on any atom is 0.180 e. The molecule has 5 heteroatoms. The van der Waals surface area contributed by atoms with E-state index >= 15 is 0 Å². The van der Waals surface area contributed by atoms with Gasteiger partial charge in [0.05, 0.1) is 5.69 Å². The summed E-state index contributed by atoms with van der Waals surface area (Å²) in [4.78, 5) is 8.66. The number of hydrogen-bond acceptors (Lipinski definition) is 4.